The zero-order valence-corrected chi connectivity index (χ0v) is 12.2. The lowest BCUT2D eigenvalue weighted by molar-refractivity contribution is -0.133. The number of nitrogens with two attached hydrogens (primary N) is 1. The Labute approximate surface area is 120 Å². The summed E-state index contributed by atoms with van der Waals surface area (Å²) in [4.78, 5) is 20.5. The topological polar surface area (TPSA) is 62.5 Å². The lowest BCUT2D eigenvalue weighted by Gasteiger charge is -2.31. The van der Waals surface area contributed by atoms with Gasteiger partial charge in [-0.25, -0.2) is 0 Å². The third kappa shape index (κ3) is 4.28. The maximum atomic E-state index is 12.4. The fourth-order valence-electron chi connectivity index (χ4n) is 2.49. The van der Waals surface area contributed by atoms with E-state index in [-0.39, 0.29) is 5.91 Å². The molecule has 2 N–H and O–H groups in total. The van der Waals surface area contributed by atoms with E-state index in [1.165, 1.54) is 0 Å². The average molecular weight is 276 g/mol. The minimum Gasteiger partial charge on any atom is -0.338 e. The Morgan fingerprint density at radius 2 is 2.05 bits per heavy atom. The molecule has 1 aromatic rings. The smallest absolute Gasteiger partial charge is 0.237 e. The Bertz CT molecular complexity index is 415. The number of pyridine rings is 1. The van der Waals surface area contributed by atoms with E-state index in [4.69, 9.17) is 5.73 Å². The van der Waals surface area contributed by atoms with Crippen molar-refractivity contribution in [3.63, 3.8) is 0 Å². The van der Waals surface area contributed by atoms with Crippen LogP contribution < -0.4 is 5.73 Å². The zero-order valence-electron chi connectivity index (χ0n) is 12.2. The quantitative estimate of drug-likeness (QED) is 0.866. The molecule has 0 atom stereocenters. The van der Waals surface area contributed by atoms with E-state index in [0.717, 1.165) is 38.0 Å². The highest BCUT2D eigenvalue weighted by atomic mass is 16.2. The van der Waals surface area contributed by atoms with Gasteiger partial charge in [0.1, 0.15) is 0 Å². The van der Waals surface area contributed by atoms with Gasteiger partial charge < -0.3 is 10.6 Å². The number of aromatic nitrogens is 1. The van der Waals surface area contributed by atoms with Crippen molar-refractivity contribution < 1.29 is 4.79 Å². The summed E-state index contributed by atoms with van der Waals surface area (Å²) in [5.74, 6) is 0.194. The molecule has 0 saturated carbocycles. The van der Waals surface area contributed by atoms with Crippen LogP contribution in [0.5, 0.6) is 0 Å². The predicted molar refractivity (Wildman–Crippen MR) is 79.0 cm³/mol. The van der Waals surface area contributed by atoms with Gasteiger partial charge in [0, 0.05) is 44.6 Å². The van der Waals surface area contributed by atoms with Crippen molar-refractivity contribution in [3.8, 4) is 0 Å². The molecule has 1 aliphatic rings. The van der Waals surface area contributed by atoms with Crippen molar-refractivity contribution in [2.75, 3.05) is 26.2 Å². The highest BCUT2D eigenvalue weighted by Gasteiger charge is 2.20. The molecular formula is C15H24N4O. The molecule has 110 valence electrons. The Hall–Kier alpha value is -1.46. The minimum absolute atomic E-state index is 0.194. The van der Waals surface area contributed by atoms with Gasteiger partial charge in [-0.05, 0) is 37.5 Å². The van der Waals surface area contributed by atoms with Crippen molar-refractivity contribution in [2.24, 2.45) is 5.73 Å². The van der Waals surface area contributed by atoms with Crippen LogP contribution in [-0.2, 0) is 11.3 Å². The first-order valence-corrected chi connectivity index (χ1v) is 7.33. The summed E-state index contributed by atoms with van der Waals surface area (Å²) in [7, 11) is 0. The molecule has 0 aromatic carbocycles. The molecule has 0 aliphatic carbocycles. The Balaban J connectivity index is 1.86. The Morgan fingerprint density at radius 3 is 2.65 bits per heavy atom. The number of likely N-dealkylation sites (tertiary alicyclic amines) is 1. The number of likely N-dealkylation sites (N-methyl/N-ethyl adjacent to an activating group) is 1. The summed E-state index contributed by atoms with van der Waals surface area (Å²) in [5, 5.41) is 0. The van der Waals surface area contributed by atoms with Crippen molar-refractivity contribution >= 4 is 5.91 Å². The van der Waals surface area contributed by atoms with Gasteiger partial charge in [0.2, 0.25) is 5.91 Å². The molecule has 1 saturated heterocycles. The summed E-state index contributed by atoms with van der Waals surface area (Å²) >= 11 is 0. The molecule has 0 bridgehead atoms. The van der Waals surface area contributed by atoms with Crippen LogP contribution in [0.4, 0.5) is 0 Å². The van der Waals surface area contributed by atoms with Gasteiger partial charge in [-0.1, -0.05) is 0 Å². The van der Waals surface area contributed by atoms with Crippen LogP contribution in [0.1, 0.15) is 25.3 Å². The molecule has 2 rings (SSSR count). The maximum Gasteiger partial charge on any atom is 0.237 e. The third-order valence-corrected chi connectivity index (χ3v) is 3.85. The SMILES string of the molecule is CCN(Cc1ccncc1)C(=O)CN1CCC(N)CC1. The molecule has 1 aliphatic heterocycles. The summed E-state index contributed by atoms with van der Waals surface area (Å²) in [5.41, 5.74) is 7.01. The third-order valence-electron chi connectivity index (χ3n) is 3.85. The standard InChI is InChI=1S/C15H24N4O/c1-2-19(11-13-3-7-17-8-4-13)15(20)12-18-9-5-14(16)6-10-18/h3-4,7-8,14H,2,5-6,9-12,16H2,1H3. The van der Waals surface area contributed by atoms with Gasteiger partial charge in [-0.2, -0.15) is 0 Å². The molecule has 1 aromatic heterocycles. The van der Waals surface area contributed by atoms with Crippen LogP contribution >= 0.6 is 0 Å². The van der Waals surface area contributed by atoms with Crippen molar-refractivity contribution in [1.82, 2.24) is 14.8 Å². The van der Waals surface area contributed by atoms with Gasteiger partial charge in [-0.3, -0.25) is 14.7 Å². The number of rotatable bonds is 5. The number of piperidine rings is 1. The molecular weight excluding hydrogens is 252 g/mol. The second-order valence-corrected chi connectivity index (χ2v) is 5.38. The van der Waals surface area contributed by atoms with Crippen LogP contribution in [0.25, 0.3) is 0 Å². The van der Waals surface area contributed by atoms with Crippen molar-refractivity contribution in [2.45, 2.75) is 32.4 Å². The average Bonchev–Trinajstić information content (AvgIpc) is 2.48. The lowest BCUT2D eigenvalue weighted by atomic mass is 10.1. The fourth-order valence-corrected chi connectivity index (χ4v) is 2.49. The zero-order chi connectivity index (χ0) is 14.4. The van der Waals surface area contributed by atoms with E-state index in [1.807, 2.05) is 24.0 Å². The molecule has 2 heterocycles. The van der Waals surface area contributed by atoms with Crippen molar-refractivity contribution in [3.05, 3.63) is 30.1 Å². The highest BCUT2D eigenvalue weighted by Crippen LogP contribution is 2.09. The number of amides is 1. The highest BCUT2D eigenvalue weighted by molar-refractivity contribution is 5.78. The first-order chi connectivity index (χ1) is 9.69. The molecule has 0 unspecified atom stereocenters. The fraction of sp³-hybridized carbons (Fsp3) is 0.600. The second-order valence-electron chi connectivity index (χ2n) is 5.38. The Kier molecular flexibility index (Phi) is 5.49. The molecule has 5 heteroatoms. The first-order valence-electron chi connectivity index (χ1n) is 7.33. The minimum atomic E-state index is 0.194. The van der Waals surface area contributed by atoms with Gasteiger partial charge in [0.15, 0.2) is 0 Å². The van der Waals surface area contributed by atoms with Crippen LogP contribution in [0.15, 0.2) is 24.5 Å². The van der Waals surface area contributed by atoms with E-state index in [0.29, 0.717) is 19.1 Å². The summed E-state index contributed by atoms with van der Waals surface area (Å²) in [6.45, 7) is 5.77. The van der Waals surface area contributed by atoms with Gasteiger partial charge in [0.05, 0.1) is 6.54 Å². The Morgan fingerprint density at radius 1 is 1.40 bits per heavy atom. The maximum absolute atomic E-state index is 12.4. The van der Waals surface area contributed by atoms with E-state index in [9.17, 15) is 4.79 Å². The van der Waals surface area contributed by atoms with Crippen LogP contribution in [0.2, 0.25) is 0 Å². The number of carbonyl (C=O) groups is 1. The molecule has 5 nitrogen and oxygen atoms in total. The monoisotopic (exact) mass is 276 g/mol. The van der Waals surface area contributed by atoms with E-state index in [2.05, 4.69) is 9.88 Å². The molecule has 1 fully saturated rings. The normalized spacial score (nSPS) is 17.1. The van der Waals surface area contributed by atoms with Gasteiger partial charge in [-0.15, -0.1) is 0 Å². The number of hydrogen-bond donors (Lipinski definition) is 1. The molecule has 20 heavy (non-hydrogen) atoms. The van der Waals surface area contributed by atoms with E-state index in [1.54, 1.807) is 12.4 Å². The van der Waals surface area contributed by atoms with E-state index >= 15 is 0 Å². The van der Waals surface area contributed by atoms with Crippen molar-refractivity contribution in [1.29, 1.82) is 0 Å². The number of nitrogens with zero attached hydrogens (tertiary/aromatic N) is 3. The van der Waals surface area contributed by atoms with Crippen LogP contribution in [-0.4, -0.2) is 52.9 Å². The second kappa shape index (κ2) is 7.36. The van der Waals surface area contributed by atoms with Gasteiger partial charge >= 0.3 is 0 Å². The summed E-state index contributed by atoms with van der Waals surface area (Å²) in [6.07, 6.45) is 5.51. The number of hydrogen-bond acceptors (Lipinski definition) is 4. The lowest BCUT2D eigenvalue weighted by Crippen LogP contribution is -2.45. The first kappa shape index (κ1) is 14.9. The molecule has 0 radical (unpaired) electrons. The van der Waals surface area contributed by atoms with E-state index < -0.39 is 0 Å². The van der Waals surface area contributed by atoms with Crippen LogP contribution in [0, 0.1) is 0 Å². The predicted octanol–water partition coefficient (Wildman–Crippen LogP) is 0.853. The summed E-state index contributed by atoms with van der Waals surface area (Å²) in [6, 6.07) is 4.21. The summed E-state index contributed by atoms with van der Waals surface area (Å²) < 4.78 is 0. The van der Waals surface area contributed by atoms with Gasteiger partial charge in [0.25, 0.3) is 0 Å². The number of carbonyl (C=O) groups excluding carboxylic acids is 1. The van der Waals surface area contributed by atoms with Crippen LogP contribution in [0.3, 0.4) is 0 Å². The molecule has 1 amide bonds. The molecule has 0 spiro atoms. The largest absolute Gasteiger partial charge is 0.338 e.